The lowest BCUT2D eigenvalue weighted by Crippen LogP contribution is -2.66. The molecule has 5 heteroatoms. The molecule has 0 heterocycles. The summed E-state index contributed by atoms with van der Waals surface area (Å²) in [4.78, 5) is 0. The maximum absolute atomic E-state index is 10.9. The van der Waals surface area contributed by atoms with Crippen LogP contribution in [0.2, 0.25) is 5.04 Å². The van der Waals surface area contributed by atoms with Crippen LogP contribution in [0.15, 0.2) is 84.5 Å². The minimum atomic E-state index is -2.63. The van der Waals surface area contributed by atoms with Crippen LogP contribution in [-0.2, 0) is 4.43 Å². The number of rotatable bonds is 11. The summed E-state index contributed by atoms with van der Waals surface area (Å²) < 4.78 is 6.91. The van der Waals surface area contributed by atoms with E-state index in [1.165, 1.54) is 15.9 Å². The third-order valence-electron chi connectivity index (χ3n) is 8.93. The Morgan fingerprint density at radius 3 is 2.10 bits per heavy atom. The summed E-state index contributed by atoms with van der Waals surface area (Å²) in [5.74, 6) is 0.856. The van der Waals surface area contributed by atoms with E-state index in [0.29, 0.717) is 37.7 Å². The molecule has 0 aliphatic heterocycles. The van der Waals surface area contributed by atoms with Gasteiger partial charge in [-0.2, -0.15) is 0 Å². The molecule has 2 aromatic carbocycles. The van der Waals surface area contributed by atoms with E-state index in [1.54, 1.807) is 0 Å². The van der Waals surface area contributed by atoms with Crippen molar-refractivity contribution in [3.63, 3.8) is 0 Å². The largest absolute Gasteiger partial charge is 0.407 e. The Morgan fingerprint density at radius 1 is 0.923 bits per heavy atom. The molecule has 0 saturated heterocycles. The predicted octanol–water partition coefficient (Wildman–Crippen LogP) is 5.36. The van der Waals surface area contributed by atoms with Crippen molar-refractivity contribution in [2.24, 2.45) is 17.8 Å². The van der Waals surface area contributed by atoms with Crippen molar-refractivity contribution in [3.05, 3.63) is 84.5 Å². The average molecular weight is 549 g/mol. The Balaban J connectivity index is 1.37. The maximum atomic E-state index is 10.9. The van der Waals surface area contributed by atoms with Crippen molar-refractivity contribution in [3.8, 4) is 0 Å². The van der Waals surface area contributed by atoms with Gasteiger partial charge in [0.2, 0.25) is 0 Å². The Hall–Kier alpha value is -2.02. The van der Waals surface area contributed by atoms with Crippen LogP contribution >= 0.6 is 0 Å². The lowest BCUT2D eigenvalue weighted by molar-refractivity contribution is 0.0390. The van der Waals surface area contributed by atoms with Gasteiger partial charge in [0.15, 0.2) is 0 Å². The highest BCUT2D eigenvalue weighted by Crippen LogP contribution is 2.42. The third kappa shape index (κ3) is 6.83. The summed E-state index contributed by atoms with van der Waals surface area (Å²) in [5.41, 5.74) is 1.26. The smallest absolute Gasteiger partial charge is 0.261 e. The zero-order valence-corrected chi connectivity index (χ0v) is 25.2. The molecule has 212 valence electrons. The molecule has 0 bridgehead atoms. The van der Waals surface area contributed by atoms with Crippen molar-refractivity contribution < 1.29 is 19.7 Å². The molecule has 4 rings (SSSR count). The minimum absolute atomic E-state index is 0.109. The topological polar surface area (TPSA) is 69.9 Å². The molecule has 0 spiro atoms. The van der Waals surface area contributed by atoms with Gasteiger partial charge in [-0.15, -0.1) is 0 Å². The van der Waals surface area contributed by atoms with E-state index in [4.69, 9.17) is 4.43 Å². The average Bonchev–Trinajstić information content (AvgIpc) is 2.91. The van der Waals surface area contributed by atoms with Gasteiger partial charge in [-0.1, -0.05) is 107 Å². The van der Waals surface area contributed by atoms with Crippen LogP contribution in [-0.4, -0.2) is 48.6 Å². The number of allylic oxidation sites excluding steroid dienone is 3. The van der Waals surface area contributed by atoms with Crippen LogP contribution < -0.4 is 10.4 Å². The number of hydrogen-bond acceptors (Lipinski definition) is 4. The second-order valence-corrected chi connectivity index (χ2v) is 17.0. The first-order chi connectivity index (χ1) is 18.6. The third-order valence-corrected chi connectivity index (χ3v) is 14.0. The van der Waals surface area contributed by atoms with Crippen LogP contribution in [0.5, 0.6) is 0 Å². The van der Waals surface area contributed by atoms with E-state index in [2.05, 4.69) is 94.5 Å². The summed E-state index contributed by atoms with van der Waals surface area (Å²) in [7, 11) is -2.63. The fraction of sp³-hybridized carbons (Fsp3) is 0.529. The van der Waals surface area contributed by atoms with Crippen molar-refractivity contribution >= 4 is 18.7 Å². The molecule has 0 fully saturated rings. The van der Waals surface area contributed by atoms with Gasteiger partial charge in [0.05, 0.1) is 18.3 Å². The van der Waals surface area contributed by atoms with Crippen molar-refractivity contribution in [1.29, 1.82) is 0 Å². The van der Waals surface area contributed by atoms with Gasteiger partial charge in [0.25, 0.3) is 8.32 Å². The second kappa shape index (κ2) is 13.1. The van der Waals surface area contributed by atoms with E-state index >= 15 is 0 Å². The van der Waals surface area contributed by atoms with Gasteiger partial charge in [-0.05, 0) is 71.3 Å². The quantitative estimate of drug-likeness (QED) is 0.331. The number of fused-ring (bicyclic) bond motifs is 1. The number of benzene rings is 2. The highest BCUT2D eigenvalue weighted by atomic mass is 28.4. The molecular weight excluding hydrogens is 500 g/mol. The monoisotopic (exact) mass is 548 g/mol. The van der Waals surface area contributed by atoms with Gasteiger partial charge in [-0.3, -0.25) is 0 Å². The van der Waals surface area contributed by atoms with Crippen molar-refractivity contribution in [2.45, 2.75) is 89.6 Å². The normalized spacial score (nSPS) is 25.1. The molecule has 0 saturated carbocycles. The van der Waals surface area contributed by atoms with Crippen molar-refractivity contribution in [1.82, 2.24) is 0 Å². The Bertz CT molecular complexity index is 1050. The maximum Gasteiger partial charge on any atom is 0.261 e. The number of hydrogen-bond donors (Lipinski definition) is 3. The van der Waals surface area contributed by atoms with Gasteiger partial charge in [0, 0.05) is 12.5 Å². The summed E-state index contributed by atoms with van der Waals surface area (Å²) in [6.07, 6.45) is 9.24. The van der Waals surface area contributed by atoms with Crippen molar-refractivity contribution in [2.75, 3.05) is 6.61 Å². The van der Waals surface area contributed by atoms with Gasteiger partial charge in [-0.25, -0.2) is 0 Å². The Labute approximate surface area is 236 Å². The molecule has 0 amide bonds. The molecule has 2 aliphatic rings. The number of aliphatic hydroxyl groups excluding tert-OH is 3. The van der Waals surface area contributed by atoms with Crippen LogP contribution in [0, 0.1) is 17.8 Å². The fourth-order valence-corrected chi connectivity index (χ4v) is 11.5. The van der Waals surface area contributed by atoms with Crippen LogP contribution in [0.3, 0.4) is 0 Å². The molecular formula is C34H48O4Si. The zero-order chi connectivity index (χ0) is 28.0. The van der Waals surface area contributed by atoms with Crippen LogP contribution in [0.4, 0.5) is 0 Å². The molecule has 6 atom stereocenters. The highest BCUT2D eigenvalue weighted by Gasteiger charge is 2.50. The lowest BCUT2D eigenvalue weighted by Gasteiger charge is -2.43. The van der Waals surface area contributed by atoms with Crippen LogP contribution in [0.1, 0.15) is 66.2 Å². The Morgan fingerprint density at radius 2 is 1.51 bits per heavy atom. The van der Waals surface area contributed by atoms with E-state index in [-0.39, 0.29) is 17.1 Å². The first-order valence-corrected chi connectivity index (χ1v) is 16.7. The van der Waals surface area contributed by atoms with Gasteiger partial charge in [0.1, 0.15) is 0 Å². The zero-order valence-electron chi connectivity index (χ0n) is 24.2. The van der Waals surface area contributed by atoms with E-state index in [0.717, 1.165) is 19.3 Å². The molecule has 3 N–H and O–H groups in total. The minimum Gasteiger partial charge on any atom is -0.407 e. The molecule has 2 aromatic rings. The fourth-order valence-electron chi connectivity index (χ4n) is 6.89. The van der Waals surface area contributed by atoms with Gasteiger partial charge < -0.3 is 19.7 Å². The Kier molecular flexibility index (Phi) is 10.1. The van der Waals surface area contributed by atoms with E-state index < -0.39 is 20.5 Å². The molecule has 0 unspecified atom stereocenters. The molecule has 39 heavy (non-hydrogen) atoms. The molecule has 0 aromatic heterocycles. The summed E-state index contributed by atoms with van der Waals surface area (Å²) >= 11 is 0. The van der Waals surface area contributed by atoms with E-state index in [1.807, 2.05) is 12.1 Å². The second-order valence-electron chi connectivity index (χ2n) is 12.7. The molecule has 2 aliphatic carbocycles. The molecule has 4 nitrogen and oxygen atoms in total. The standard InChI is InChI=1S/C34H48O4Si/c1-25-18-19-26-12-11-17-32(37)33(26)31(25)21-20-27(35)24-28(36)22-23-38-39(34(2,3)4,29-13-7-5-8-14-29)30-15-9-6-10-16-30/h5-10,12-16,18-19,25,27-28,31-33,35-37H,11,17,20-24H2,1-4H3/t25-,27+,28-,31-,32-,33-/m0/s1. The highest BCUT2D eigenvalue weighted by molar-refractivity contribution is 6.99. The van der Waals surface area contributed by atoms with Gasteiger partial charge >= 0.3 is 0 Å². The predicted molar refractivity (Wildman–Crippen MR) is 163 cm³/mol. The first kappa shape index (κ1) is 29.9. The SMILES string of the molecule is C[C@H]1C=CC2=CCC[C@H](O)[C@@H]2[C@H]1CC[C@@H](O)C[C@@H](O)CCO[Si](c1ccccc1)(c1ccccc1)C(C)(C)C. The number of aliphatic hydroxyl groups is 3. The van der Waals surface area contributed by atoms with Crippen LogP contribution in [0.25, 0.3) is 0 Å². The summed E-state index contributed by atoms with van der Waals surface area (Å²) in [6, 6.07) is 21.1. The summed E-state index contributed by atoms with van der Waals surface area (Å²) in [5, 5.41) is 34.8. The first-order valence-electron chi connectivity index (χ1n) is 14.8. The summed E-state index contributed by atoms with van der Waals surface area (Å²) in [6.45, 7) is 9.41. The van der Waals surface area contributed by atoms with E-state index in [9.17, 15) is 15.3 Å². The lowest BCUT2D eigenvalue weighted by atomic mass is 9.66. The molecule has 0 radical (unpaired) electrons.